The zero-order valence-electron chi connectivity index (χ0n) is 8.41. The molecule has 0 saturated carbocycles. The summed E-state index contributed by atoms with van der Waals surface area (Å²) < 4.78 is 0. The molecule has 0 spiro atoms. The van der Waals surface area contributed by atoms with Gasteiger partial charge in [-0.15, -0.1) is 0 Å². The summed E-state index contributed by atoms with van der Waals surface area (Å²) >= 11 is 0. The Kier molecular flexibility index (Phi) is 3.06. The molecule has 0 fully saturated rings. The highest BCUT2D eigenvalue weighted by Gasteiger charge is 2.03. The number of hydrogen-bond donors (Lipinski definition) is 1. The molecule has 0 aliphatic carbocycles. The van der Waals surface area contributed by atoms with Crippen molar-refractivity contribution in [3.63, 3.8) is 0 Å². The van der Waals surface area contributed by atoms with Crippen molar-refractivity contribution in [2.24, 2.45) is 0 Å². The Morgan fingerprint density at radius 3 is 2.62 bits per heavy atom. The van der Waals surface area contributed by atoms with E-state index in [1.807, 2.05) is 25.1 Å². The number of aromatic nitrogens is 2. The molecule has 0 unspecified atom stereocenters. The summed E-state index contributed by atoms with van der Waals surface area (Å²) in [5.74, 6) is 1.23. The van der Waals surface area contributed by atoms with E-state index < -0.39 is 0 Å². The van der Waals surface area contributed by atoms with E-state index in [1.165, 1.54) is 0 Å². The van der Waals surface area contributed by atoms with Crippen molar-refractivity contribution < 1.29 is 0 Å². The van der Waals surface area contributed by atoms with E-state index in [9.17, 15) is 0 Å². The summed E-state index contributed by atoms with van der Waals surface area (Å²) in [7, 11) is 3.81. The predicted octanol–water partition coefficient (Wildman–Crippen LogP) is 1.08. The first kappa shape index (κ1) is 9.77. The standard InChI is InChI=1S/C9H16N4/c1-4-5-7-6-8(10)12-9(11-7)13(2)3/h6H,4-5H2,1-3H3,(H2,10,11,12). The maximum absolute atomic E-state index is 5.65. The van der Waals surface area contributed by atoms with E-state index in [4.69, 9.17) is 5.73 Å². The van der Waals surface area contributed by atoms with Crippen LogP contribution in [-0.2, 0) is 6.42 Å². The summed E-state index contributed by atoms with van der Waals surface area (Å²) in [6.45, 7) is 2.12. The third-order valence-corrected chi connectivity index (χ3v) is 1.69. The molecule has 1 aromatic rings. The van der Waals surface area contributed by atoms with Gasteiger partial charge in [0, 0.05) is 25.9 Å². The topological polar surface area (TPSA) is 55.0 Å². The molecule has 0 saturated heterocycles. The van der Waals surface area contributed by atoms with Gasteiger partial charge >= 0.3 is 0 Å². The number of anilines is 2. The minimum absolute atomic E-state index is 0.544. The molecule has 0 aliphatic rings. The van der Waals surface area contributed by atoms with Crippen molar-refractivity contribution in [3.05, 3.63) is 11.8 Å². The van der Waals surface area contributed by atoms with E-state index >= 15 is 0 Å². The van der Waals surface area contributed by atoms with E-state index in [1.54, 1.807) is 0 Å². The normalized spacial score (nSPS) is 10.1. The lowest BCUT2D eigenvalue weighted by atomic mass is 10.2. The van der Waals surface area contributed by atoms with E-state index in [-0.39, 0.29) is 0 Å². The molecule has 1 heterocycles. The second kappa shape index (κ2) is 4.07. The number of rotatable bonds is 3. The van der Waals surface area contributed by atoms with Gasteiger partial charge in [-0.05, 0) is 6.42 Å². The first-order valence-corrected chi connectivity index (χ1v) is 4.44. The molecule has 1 aromatic heterocycles. The number of nitrogen functional groups attached to an aromatic ring is 1. The second-order valence-electron chi connectivity index (χ2n) is 3.23. The summed E-state index contributed by atoms with van der Waals surface area (Å²) in [6.07, 6.45) is 2.02. The predicted molar refractivity (Wildman–Crippen MR) is 54.8 cm³/mol. The Bertz CT molecular complexity index is 283. The van der Waals surface area contributed by atoms with Gasteiger partial charge in [0.1, 0.15) is 5.82 Å². The van der Waals surface area contributed by atoms with Gasteiger partial charge in [0.05, 0.1) is 0 Å². The third kappa shape index (κ3) is 2.57. The van der Waals surface area contributed by atoms with E-state index in [0.717, 1.165) is 18.5 Å². The van der Waals surface area contributed by atoms with Crippen LogP contribution in [0.4, 0.5) is 11.8 Å². The minimum atomic E-state index is 0.544. The molecule has 0 aromatic carbocycles. The number of hydrogen-bond acceptors (Lipinski definition) is 4. The average molecular weight is 180 g/mol. The van der Waals surface area contributed by atoms with Gasteiger partial charge in [-0.25, -0.2) is 4.98 Å². The van der Waals surface area contributed by atoms with Crippen LogP contribution in [0.25, 0.3) is 0 Å². The van der Waals surface area contributed by atoms with E-state index in [2.05, 4.69) is 16.9 Å². The zero-order chi connectivity index (χ0) is 9.84. The zero-order valence-corrected chi connectivity index (χ0v) is 8.41. The summed E-state index contributed by atoms with van der Waals surface area (Å²) in [5, 5.41) is 0. The Morgan fingerprint density at radius 2 is 2.08 bits per heavy atom. The molecule has 0 amide bonds. The molecule has 0 atom stereocenters. The van der Waals surface area contributed by atoms with Crippen LogP contribution >= 0.6 is 0 Å². The number of nitrogens with two attached hydrogens (primary N) is 1. The molecular formula is C9H16N4. The summed E-state index contributed by atoms with van der Waals surface area (Å²) in [6, 6.07) is 1.83. The van der Waals surface area contributed by atoms with Crippen molar-refractivity contribution >= 4 is 11.8 Å². The number of nitrogens with zero attached hydrogens (tertiary/aromatic N) is 3. The lowest BCUT2D eigenvalue weighted by Gasteiger charge is -2.11. The Morgan fingerprint density at radius 1 is 1.38 bits per heavy atom. The molecule has 4 heteroatoms. The summed E-state index contributed by atoms with van der Waals surface area (Å²) in [5.41, 5.74) is 6.66. The average Bonchev–Trinajstić information content (AvgIpc) is 2.03. The van der Waals surface area contributed by atoms with Crippen LogP contribution in [0.3, 0.4) is 0 Å². The Balaban J connectivity index is 2.96. The van der Waals surface area contributed by atoms with Crippen LogP contribution < -0.4 is 10.6 Å². The maximum atomic E-state index is 5.65. The number of aryl methyl sites for hydroxylation is 1. The summed E-state index contributed by atoms with van der Waals surface area (Å²) in [4.78, 5) is 10.3. The van der Waals surface area contributed by atoms with Gasteiger partial charge in [0.25, 0.3) is 0 Å². The first-order chi connectivity index (χ1) is 6.13. The smallest absolute Gasteiger partial charge is 0.226 e. The van der Waals surface area contributed by atoms with Gasteiger partial charge in [-0.2, -0.15) is 4.98 Å². The maximum Gasteiger partial charge on any atom is 0.226 e. The second-order valence-corrected chi connectivity index (χ2v) is 3.23. The van der Waals surface area contributed by atoms with Crippen LogP contribution in [0.5, 0.6) is 0 Å². The van der Waals surface area contributed by atoms with Gasteiger partial charge in [0.2, 0.25) is 5.95 Å². The van der Waals surface area contributed by atoms with Crippen molar-refractivity contribution in [1.82, 2.24) is 9.97 Å². The van der Waals surface area contributed by atoms with Crippen molar-refractivity contribution in [2.45, 2.75) is 19.8 Å². The van der Waals surface area contributed by atoms with Crippen LogP contribution in [0.2, 0.25) is 0 Å². The van der Waals surface area contributed by atoms with Crippen molar-refractivity contribution in [3.8, 4) is 0 Å². The Hall–Kier alpha value is -1.32. The van der Waals surface area contributed by atoms with Crippen molar-refractivity contribution in [1.29, 1.82) is 0 Å². The van der Waals surface area contributed by atoms with Gasteiger partial charge < -0.3 is 10.6 Å². The fourth-order valence-corrected chi connectivity index (χ4v) is 1.09. The molecule has 0 radical (unpaired) electrons. The highest BCUT2D eigenvalue weighted by molar-refractivity contribution is 5.39. The van der Waals surface area contributed by atoms with Gasteiger partial charge in [-0.3, -0.25) is 0 Å². The fourth-order valence-electron chi connectivity index (χ4n) is 1.09. The minimum Gasteiger partial charge on any atom is -0.384 e. The quantitative estimate of drug-likeness (QED) is 0.756. The largest absolute Gasteiger partial charge is 0.384 e. The Labute approximate surface area is 78.8 Å². The van der Waals surface area contributed by atoms with Crippen molar-refractivity contribution in [2.75, 3.05) is 24.7 Å². The molecule has 4 nitrogen and oxygen atoms in total. The molecule has 1 rings (SSSR count). The first-order valence-electron chi connectivity index (χ1n) is 4.44. The van der Waals surface area contributed by atoms with Crippen LogP contribution in [0, 0.1) is 0 Å². The highest BCUT2D eigenvalue weighted by Crippen LogP contribution is 2.10. The van der Waals surface area contributed by atoms with E-state index in [0.29, 0.717) is 11.8 Å². The monoisotopic (exact) mass is 180 g/mol. The third-order valence-electron chi connectivity index (χ3n) is 1.69. The van der Waals surface area contributed by atoms with Crippen LogP contribution in [0.15, 0.2) is 6.07 Å². The van der Waals surface area contributed by atoms with Gasteiger partial charge in [-0.1, -0.05) is 13.3 Å². The SMILES string of the molecule is CCCc1cc(N)nc(N(C)C)n1. The molecule has 72 valence electrons. The van der Waals surface area contributed by atoms with Crippen LogP contribution in [-0.4, -0.2) is 24.1 Å². The fraction of sp³-hybridized carbons (Fsp3) is 0.556. The molecule has 2 N–H and O–H groups in total. The molecule has 13 heavy (non-hydrogen) atoms. The molecule has 0 bridgehead atoms. The lowest BCUT2D eigenvalue weighted by Crippen LogP contribution is -2.14. The lowest BCUT2D eigenvalue weighted by molar-refractivity contribution is 0.862. The highest BCUT2D eigenvalue weighted by atomic mass is 15.2. The van der Waals surface area contributed by atoms with Gasteiger partial charge in [0.15, 0.2) is 0 Å². The molecular weight excluding hydrogens is 164 g/mol. The molecule has 0 aliphatic heterocycles. The van der Waals surface area contributed by atoms with Crippen LogP contribution in [0.1, 0.15) is 19.0 Å².